The molecule has 3 rings (SSSR count). The highest BCUT2D eigenvalue weighted by Crippen LogP contribution is 2.54. The third-order valence-electron chi connectivity index (χ3n) is 7.34. The van der Waals surface area contributed by atoms with Crippen molar-refractivity contribution in [3.63, 3.8) is 0 Å². The first-order valence-electron chi connectivity index (χ1n) is 12.1. The van der Waals surface area contributed by atoms with Crippen molar-refractivity contribution in [3.05, 3.63) is 35.5 Å². The van der Waals surface area contributed by atoms with E-state index < -0.39 is 53.5 Å². The number of hydrogen-bond donors (Lipinski definition) is 0. The first-order chi connectivity index (χ1) is 16.2. The summed E-state index contributed by atoms with van der Waals surface area (Å²) in [5.41, 5.74) is 0.401. The first kappa shape index (κ1) is 27.1. The van der Waals surface area contributed by atoms with E-state index in [0.29, 0.717) is 18.4 Å². The van der Waals surface area contributed by atoms with E-state index in [0.717, 1.165) is 11.1 Å². The Labute approximate surface area is 207 Å². The maximum atomic E-state index is 12.7. The van der Waals surface area contributed by atoms with Crippen LogP contribution in [0.3, 0.4) is 0 Å². The monoisotopic (exact) mass is 490 g/mol. The molecule has 0 radical (unpaired) electrons. The fourth-order valence-electron chi connectivity index (χ4n) is 4.87. The second kappa shape index (κ2) is 9.90. The van der Waals surface area contributed by atoms with Gasteiger partial charge in [-0.2, -0.15) is 0 Å². The predicted octanol–water partition coefficient (Wildman–Crippen LogP) is 3.98. The lowest BCUT2D eigenvalue weighted by Crippen LogP contribution is -2.51. The molecule has 2 aliphatic heterocycles. The fourth-order valence-corrected chi connectivity index (χ4v) is 4.87. The minimum Gasteiger partial charge on any atom is -0.456 e. The highest BCUT2D eigenvalue weighted by Gasteiger charge is 2.69. The molecular formula is C27H38O8. The molecule has 194 valence electrons. The summed E-state index contributed by atoms with van der Waals surface area (Å²) in [5.74, 6) is -1.82. The van der Waals surface area contributed by atoms with Gasteiger partial charge in [0.05, 0.1) is 12.2 Å². The molecule has 35 heavy (non-hydrogen) atoms. The van der Waals surface area contributed by atoms with Gasteiger partial charge >= 0.3 is 17.9 Å². The maximum absolute atomic E-state index is 12.7. The van der Waals surface area contributed by atoms with Crippen molar-refractivity contribution < 1.29 is 38.1 Å². The molecule has 8 heteroatoms. The number of rotatable bonds is 6. The number of fused-ring (bicyclic) bond motifs is 2. The zero-order valence-corrected chi connectivity index (χ0v) is 22.0. The van der Waals surface area contributed by atoms with Gasteiger partial charge in [-0.3, -0.25) is 4.79 Å². The Bertz CT molecular complexity index is 960. The average Bonchev–Trinajstić information content (AvgIpc) is 3.61. The van der Waals surface area contributed by atoms with Gasteiger partial charge in [0.15, 0.2) is 6.10 Å². The van der Waals surface area contributed by atoms with Crippen LogP contribution >= 0.6 is 0 Å². The van der Waals surface area contributed by atoms with Crippen LogP contribution in [0.5, 0.6) is 0 Å². The van der Waals surface area contributed by atoms with Crippen LogP contribution in [-0.2, 0) is 38.1 Å². The van der Waals surface area contributed by atoms with Crippen LogP contribution in [-0.4, -0.2) is 59.6 Å². The summed E-state index contributed by atoms with van der Waals surface area (Å²) < 4.78 is 29.8. The van der Waals surface area contributed by atoms with Crippen LogP contribution in [0, 0.1) is 5.92 Å². The van der Waals surface area contributed by atoms with Crippen molar-refractivity contribution >= 4 is 17.9 Å². The number of esters is 3. The van der Waals surface area contributed by atoms with Crippen LogP contribution < -0.4 is 0 Å². The number of ether oxygens (including phenoxy) is 5. The third kappa shape index (κ3) is 5.70. The molecule has 0 unspecified atom stereocenters. The molecule has 3 aliphatic rings. The summed E-state index contributed by atoms with van der Waals surface area (Å²) in [6, 6.07) is 0. The van der Waals surface area contributed by atoms with E-state index in [-0.39, 0.29) is 12.0 Å². The van der Waals surface area contributed by atoms with E-state index in [2.05, 4.69) is 6.58 Å². The van der Waals surface area contributed by atoms with Crippen LogP contribution in [0.15, 0.2) is 35.5 Å². The summed E-state index contributed by atoms with van der Waals surface area (Å²) in [6.45, 7) is 18.1. The summed E-state index contributed by atoms with van der Waals surface area (Å²) in [7, 11) is 0. The summed E-state index contributed by atoms with van der Waals surface area (Å²) in [5, 5.41) is 0. The van der Waals surface area contributed by atoms with Crippen molar-refractivity contribution in [2.75, 3.05) is 0 Å². The second-order valence-corrected chi connectivity index (χ2v) is 10.5. The molecule has 8 atom stereocenters. The number of hydrogen-bond acceptors (Lipinski definition) is 8. The largest absolute Gasteiger partial charge is 0.456 e. The van der Waals surface area contributed by atoms with Gasteiger partial charge < -0.3 is 23.7 Å². The van der Waals surface area contributed by atoms with Gasteiger partial charge in [-0.1, -0.05) is 23.8 Å². The normalized spacial score (nSPS) is 38.1. The second-order valence-electron chi connectivity index (χ2n) is 10.5. The molecule has 3 fully saturated rings. The Morgan fingerprint density at radius 2 is 1.51 bits per heavy atom. The SMILES string of the molecule is C=C(C)[C@H]1C[C@@H]2O[C@]2(C)[C@@H](OC(=O)/C(C)=C\C)C[C@H]2O[C@@]2(C)[C@@H](OC(C)=O)[C@H]1OC(=O)C=C(C)C. The Hall–Kier alpha value is -2.45. The lowest BCUT2D eigenvalue weighted by atomic mass is 9.77. The maximum Gasteiger partial charge on any atom is 0.333 e. The molecule has 2 saturated heterocycles. The Morgan fingerprint density at radius 1 is 0.914 bits per heavy atom. The lowest BCUT2D eigenvalue weighted by Gasteiger charge is -2.36. The molecule has 0 N–H and O–H groups in total. The number of allylic oxidation sites excluding steroid dienone is 2. The quantitative estimate of drug-likeness (QED) is 0.181. The van der Waals surface area contributed by atoms with Crippen LogP contribution in [0.4, 0.5) is 0 Å². The summed E-state index contributed by atoms with van der Waals surface area (Å²) in [4.78, 5) is 37.5. The van der Waals surface area contributed by atoms with Gasteiger partial charge in [-0.15, -0.1) is 0 Å². The molecule has 2 heterocycles. The molecule has 1 saturated carbocycles. The summed E-state index contributed by atoms with van der Waals surface area (Å²) in [6.07, 6.45) is 0.991. The molecule has 8 nitrogen and oxygen atoms in total. The van der Waals surface area contributed by atoms with Crippen LogP contribution in [0.2, 0.25) is 0 Å². The van der Waals surface area contributed by atoms with Gasteiger partial charge in [0.25, 0.3) is 0 Å². The first-order valence-corrected chi connectivity index (χ1v) is 12.1. The molecule has 0 amide bonds. The van der Waals surface area contributed by atoms with Crippen molar-refractivity contribution in [1.82, 2.24) is 0 Å². The Balaban J connectivity index is 2.01. The van der Waals surface area contributed by atoms with Gasteiger partial charge in [-0.25, -0.2) is 9.59 Å². The minimum absolute atomic E-state index is 0.265. The van der Waals surface area contributed by atoms with E-state index in [1.54, 1.807) is 33.8 Å². The highest BCUT2D eigenvalue weighted by molar-refractivity contribution is 5.87. The number of carbonyl (C=O) groups is 3. The van der Waals surface area contributed by atoms with E-state index >= 15 is 0 Å². The Morgan fingerprint density at radius 3 is 2.06 bits per heavy atom. The average molecular weight is 491 g/mol. The molecular weight excluding hydrogens is 452 g/mol. The molecule has 0 aromatic rings. The van der Waals surface area contributed by atoms with E-state index in [1.807, 2.05) is 20.8 Å². The zero-order chi connectivity index (χ0) is 26.3. The fraction of sp³-hybridized carbons (Fsp3) is 0.667. The zero-order valence-electron chi connectivity index (χ0n) is 22.0. The molecule has 0 aromatic carbocycles. The van der Waals surface area contributed by atoms with E-state index in [4.69, 9.17) is 23.7 Å². The molecule has 0 aromatic heterocycles. The molecule has 0 spiro atoms. The minimum atomic E-state index is -0.937. The van der Waals surface area contributed by atoms with Crippen molar-refractivity contribution in [2.45, 2.75) is 110 Å². The van der Waals surface area contributed by atoms with Gasteiger partial charge in [-0.05, 0) is 54.9 Å². The standard InChI is InChI=1S/C27H38O8/c1-10-16(6)25(30)32-19-13-21-27(9,35-21)24(31-17(7)28)23(33-22(29)11-14(2)3)18(15(4)5)12-20-26(19,8)34-20/h10-11,18-21,23-24H,4,12-13H2,1-3,5-9H3/b16-10-/t18-,19+,20+,21-,23+,24+,26-,27-/m1/s1. The van der Waals surface area contributed by atoms with Crippen LogP contribution in [0.1, 0.15) is 68.2 Å². The van der Waals surface area contributed by atoms with Crippen molar-refractivity contribution in [2.24, 2.45) is 5.92 Å². The number of carbonyl (C=O) groups excluding carboxylic acids is 3. The van der Waals surface area contributed by atoms with Crippen molar-refractivity contribution in [3.8, 4) is 0 Å². The predicted molar refractivity (Wildman–Crippen MR) is 128 cm³/mol. The van der Waals surface area contributed by atoms with E-state index in [9.17, 15) is 14.4 Å². The molecule has 1 aliphatic carbocycles. The van der Waals surface area contributed by atoms with E-state index in [1.165, 1.54) is 13.0 Å². The topological polar surface area (TPSA) is 104 Å². The van der Waals surface area contributed by atoms with Gasteiger partial charge in [0, 0.05) is 30.9 Å². The highest BCUT2D eigenvalue weighted by atomic mass is 16.7. The Kier molecular flexibility index (Phi) is 7.67. The lowest BCUT2D eigenvalue weighted by molar-refractivity contribution is -0.173. The molecule has 0 bridgehead atoms. The van der Waals surface area contributed by atoms with Crippen LogP contribution in [0.25, 0.3) is 0 Å². The number of epoxide rings is 2. The van der Waals surface area contributed by atoms with Crippen molar-refractivity contribution in [1.29, 1.82) is 0 Å². The smallest absolute Gasteiger partial charge is 0.333 e. The van der Waals surface area contributed by atoms with Gasteiger partial charge in [0.2, 0.25) is 0 Å². The van der Waals surface area contributed by atoms with Gasteiger partial charge in [0.1, 0.15) is 23.4 Å². The third-order valence-corrected chi connectivity index (χ3v) is 7.34. The summed E-state index contributed by atoms with van der Waals surface area (Å²) >= 11 is 0.